The quantitative estimate of drug-likeness (QED) is 0.656. The van der Waals surface area contributed by atoms with Crippen molar-refractivity contribution in [3.05, 3.63) is 0 Å². The third kappa shape index (κ3) is 5.42. The minimum absolute atomic E-state index is 0.166. The average Bonchev–Trinajstić information content (AvgIpc) is 2.47. The molecule has 1 rings (SSSR count). The molecule has 0 radical (unpaired) electrons. The molecule has 1 aliphatic rings. The lowest BCUT2D eigenvalue weighted by Gasteiger charge is -2.32. The molecule has 0 aromatic heterocycles. The van der Waals surface area contributed by atoms with Crippen LogP contribution in [-0.2, 0) is 0 Å². The summed E-state index contributed by atoms with van der Waals surface area (Å²) in [6, 6.07) is 0. The van der Waals surface area contributed by atoms with Gasteiger partial charge in [-0.15, -0.1) is 0 Å². The van der Waals surface area contributed by atoms with Gasteiger partial charge in [0.15, 0.2) is 0 Å². The van der Waals surface area contributed by atoms with E-state index in [0.717, 1.165) is 11.8 Å². The third-order valence-electron chi connectivity index (χ3n) is 4.75. The topological polar surface area (TPSA) is 26.0 Å². The largest absolute Gasteiger partial charge is 0.325 e. The first kappa shape index (κ1) is 15.0. The van der Waals surface area contributed by atoms with E-state index in [1.54, 1.807) is 0 Å². The van der Waals surface area contributed by atoms with Crippen molar-refractivity contribution in [3.63, 3.8) is 0 Å². The lowest BCUT2D eigenvalue weighted by molar-refractivity contribution is 0.263. The first-order valence-corrected chi connectivity index (χ1v) is 7.88. The summed E-state index contributed by atoms with van der Waals surface area (Å²) in [4.78, 5) is 0. The molecule has 0 aromatic carbocycles. The van der Waals surface area contributed by atoms with E-state index >= 15 is 0 Å². The van der Waals surface area contributed by atoms with E-state index < -0.39 is 0 Å². The number of hydrogen-bond donors (Lipinski definition) is 1. The van der Waals surface area contributed by atoms with E-state index in [0.29, 0.717) is 0 Å². The molecule has 102 valence electrons. The molecular weight excluding hydrogens is 206 g/mol. The van der Waals surface area contributed by atoms with Crippen LogP contribution < -0.4 is 5.73 Å². The van der Waals surface area contributed by atoms with Crippen molar-refractivity contribution in [1.29, 1.82) is 0 Å². The molecule has 0 amide bonds. The van der Waals surface area contributed by atoms with Crippen molar-refractivity contribution in [3.8, 4) is 0 Å². The van der Waals surface area contributed by atoms with Crippen molar-refractivity contribution < 1.29 is 0 Å². The summed E-state index contributed by atoms with van der Waals surface area (Å²) in [5, 5.41) is 0. The van der Waals surface area contributed by atoms with Crippen LogP contribution in [0.4, 0.5) is 0 Å². The van der Waals surface area contributed by atoms with E-state index in [1.807, 2.05) is 0 Å². The van der Waals surface area contributed by atoms with Crippen LogP contribution in [0.1, 0.15) is 85.0 Å². The molecule has 17 heavy (non-hydrogen) atoms. The lowest BCUT2D eigenvalue weighted by Crippen LogP contribution is -2.41. The molecular formula is C16H33N. The van der Waals surface area contributed by atoms with Gasteiger partial charge in [0.1, 0.15) is 0 Å². The molecule has 0 saturated heterocycles. The summed E-state index contributed by atoms with van der Waals surface area (Å²) in [5.74, 6) is 1.77. The molecule has 3 unspecified atom stereocenters. The highest BCUT2D eigenvalue weighted by atomic mass is 14.7. The molecule has 1 fully saturated rings. The van der Waals surface area contributed by atoms with Gasteiger partial charge >= 0.3 is 0 Å². The van der Waals surface area contributed by atoms with Crippen molar-refractivity contribution >= 4 is 0 Å². The van der Waals surface area contributed by atoms with Crippen LogP contribution in [0.5, 0.6) is 0 Å². The monoisotopic (exact) mass is 239 g/mol. The van der Waals surface area contributed by atoms with E-state index in [1.165, 1.54) is 64.2 Å². The van der Waals surface area contributed by atoms with Gasteiger partial charge in [-0.1, -0.05) is 59.3 Å². The van der Waals surface area contributed by atoms with Crippen LogP contribution in [0, 0.1) is 11.8 Å². The number of hydrogen-bond acceptors (Lipinski definition) is 1. The summed E-state index contributed by atoms with van der Waals surface area (Å²) < 4.78 is 0. The Kier molecular flexibility index (Phi) is 6.54. The van der Waals surface area contributed by atoms with Crippen LogP contribution in [0.25, 0.3) is 0 Å². The normalized spacial score (nSPS) is 32.1. The minimum atomic E-state index is 0.166. The van der Waals surface area contributed by atoms with Gasteiger partial charge in [0.2, 0.25) is 0 Å². The van der Waals surface area contributed by atoms with Gasteiger partial charge in [-0.2, -0.15) is 0 Å². The van der Waals surface area contributed by atoms with Crippen molar-refractivity contribution in [1.82, 2.24) is 0 Å². The first-order valence-electron chi connectivity index (χ1n) is 7.88. The Morgan fingerprint density at radius 1 is 1.24 bits per heavy atom. The Hall–Kier alpha value is -0.0400. The molecule has 1 saturated carbocycles. The van der Waals surface area contributed by atoms with Gasteiger partial charge in [0, 0.05) is 5.54 Å². The van der Waals surface area contributed by atoms with Gasteiger partial charge in [-0.3, -0.25) is 0 Å². The zero-order valence-electron chi connectivity index (χ0n) is 12.3. The van der Waals surface area contributed by atoms with Gasteiger partial charge in [-0.05, 0) is 37.5 Å². The standard InChI is InChI=1S/C16H33N/c1-4-6-9-15(5-2)13-16(17)11-7-8-14(3)10-12-16/h14-15H,4-13,17H2,1-3H3. The molecule has 2 N–H and O–H groups in total. The molecule has 0 aliphatic heterocycles. The zero-order valence-corrected chi connectivity index (χ0v) is 12.3. The molecule has 1 aliphatic carbocycles. The lowest BCUT2D eigenvalue weighted by atomic mass is 9.79. The molecule has 1 nitrogen and oxygen atoms in total. The van der Waals surface area contributed by atoms with Crippen molar-refractivity contribution in [2.75, 3.05) is 0 Å². The van der Waals surface area contributed by atoms with Gasteiger partial charge in [-0.25, -0.2) is 0 Å². The number of nitrogens with two attached hydrogens (primary N) is 1. The van der Waals surface area contributed by atoms with Crippen molar-refractivity contribution in [2.45, 2.75) is 90.5 Å². The summed E-state index contributed by atoms with van der Waals surface area (Å²) in [5.41, 5.74) is 6.84. The van der Waals surface area contributed by atoms with E-state index in [2.05, 4.69) is 20.8 Å². The van der Waals surface area contributed by atoms with E-state index in [4.69, 9.17) is 5.73 Å². The SMILES string of the molecule is CCCCC(CC)CC1(N)CCCC(C)CC1. The fraction of sp³-hybridized carbons (Fsp3) is 1.00. The smallest absolute Gasteiger partial charge is 0.0157 e. The molecule has 3 atom stereocenters. The molecule has 0 bridgehead atoms. The number of rotatable bonds is 6. The second kappa shape index (κ2) is 7.41. The zero-order chi connectivity index (χ0) is 12.7. The highest BCUT2D eigenvalue weighted by molar-refractivity contribution is 4.89. The Morgan fingerprint density at radius 3 is 2.65 bits per heavy atom. The Bertz CT molecular complexity index is 202. The van der Waals surface area contributed by atoms with Crippen LogP contribution in [-0.4, -0.2) is 5.54 Å². The molecule has 0 spiro atoms. The maximum absolute atomic E-state index is 6.67. The summed E-state index contributed by atoms with van der Waals surface area (Å²) in [6.07, 6.45) is 13.3. The highest BCUT2D eigenvalue weighted by Crippen LogP contribution is 2.34. The molecule has 0 aromatic rings. The second-order valence-electron chi connectivity index (χ2n) is 6.52. The predicted molar refractivity (Wildman–Crippen MR) is 77.1 cm³/mol. The molecule has 0 heterocycles. The summed E-state index contributed by atoms with van der Waals surface area (Å²) >= 11 is 0. The fourth-order valence-corrected chi connectivity index (χ4v) is 3.33. The summed E-state index contributed by atoms with van der Waals surface area (Å²) in [6.45, 7) is 7.02. The Labute approximate surface area is 109 Å². The minimum Gasteiger partial charge on any atom is -0.325 e. The highest BCUT2D eigenvalue weighted by Gasteiger charge is 2.30. The number of unbranched alkanes of at least 4 members (excludes halogenated alkanes) is 1. The molecule has 1 heteroatoms. The Balaban J connectivity index is 2.45. The van der Waals surface area contributed by atoms with Gasteiger partial charge < -0.3 is 5.73 Å². The first-order chi connectivity index (χ1) is 8.09. The second-order valence-corrected chi connectivity index (χ2v) is 6.52. The van der Waals surface area contributed by atoms with Crippen LogP contribution in [0.15, 0.2) is 0 Å². The fourth-order valence-electron chi connectivity index (χ4n) is 3.33. The predicted octanol–water partition coefficient (Wildman–Crippen LogP) is 4.89. The Morgan fingerprint density at radius 2 is 2.00 bits per heavy atom. The maximum atomic E-state index is 6.67. The van der Waals surface area contributed by atoms with Crippen LogP contribution in [0.2, 0.25) is 0 Å². The van der Waals surface area contributed by atoms with E-state index in [-0.39, 0.29) is 5.54 Å². The maximum Gasteiger partial charge on any atom is 0.0157 e. The van der Waals surface area contributed by atoms with E-state index in [9.17, 15) is 0 Å². The summed E-state index contributed by atoms with van der Waals surface area (Å²) in [7, 11) is 0. The van der Waals surface area contributed by atoms with Gasteiger partial charge in [0.25, 0.3) is 0 Å². The van der Waals surface area contributed by atoms with Crippen LogP contribution >= 0.6 is 0 Å². The van der Waals surface area contributed by atoms with Crippen LogP contribution in [0.3, 0.4) is 0 Å². The van der Waals surface area contributed by atoms with Gasteiger partial charge in [0.05, 0.1) is 0 Å². The third-order valence-corrected chi connectivity index (χ3v) is 4.75. The van der Waals surface area contributed by atoms with Crippen molar-refractivity contribution in [2.24, 2.45) is 17.6 Å². The average molecular weight is 239 g/mol.